The van der Waals surface area contributed by atoms with Crippen molar-refractivity contribution < 1.29 is 22.7 Å². The van der Waals surface area contributed by atoms with Crippen molar-refractivity contribution in [3.05, 3.63) is 64.7 Å². The fourth-order valence-electron chi connectivity index (χ4n) is 3.59. The second kappa shape index (κ2) is 9.59. The van der Waals surface area contributed by atoms with Crippen molar-refractivity contribution in [2.24, 2.45) is 0 Å². The molecule has 0 bridgehead atoms. The molecule has 8 nitrogen and oxygen atoms in total. The van der Waals surface area contributed by atoms with Crippen LogP contribution in [0.1, 0.15) is 31.8 Å². The highest BCUT2D eigenvalue weighted by molar-refractivity contribution is 7.88. The summed E-state index contributed by atoms with van der Waals surface area (Å²) < 4.78 is 29.6. The van der Waals surface area contributed by atoms with Gasteiger partial charge in [0.1, 0.15) is 0 Å². The van der Waals surface area contributed by atoms with E-state index in [0.717, 1.165) is 5.56 Å². The van der Waals surface area contributed by atoms with Gasteiger partial charge in [0, 0.05) is 44.0 Å². The Labute approximate surface area is 182 Å². The summed E-state index contributed by atoms with van der Waals surface area (Å²) in [6.07, 6.45) is 1.23. The predicted octanol–water partition coefficient (Wildman–Crippen LogP) is 2.11. The number of hydrogen-bond acceptors (Lipinski definition) is 6. The summed E-state index contributed by atoms with van der Waals surface area (Å²) in [4.78, 5) is 26.8. The van der Waals surface area contributed by atoms with Crippen LogP contribution in [-0.2, 0) is 21.3 Å². The number of carbonyl (C=O) groups excluding carboxylic acids is 2. The lowest BCUT2D eigenvalue weighted by atomic mass is 10.1. The second-order valence-electron chi connectivity index (χ2n) is 7.56. The van der Waals surface area contributed by atoms with Crippen LogP contribution in [0, 0.1) is 6.92 Å². The summed E-state index contributed by atoms with van der Waals surface area (Å²) in [7, 11) is -1.84. The number of nitrogens with one attached hydrogen (secondary N) is 1. The van der Waals surface area contributed by atoms with Crippen LogP contribution in [0.3, 0.4) is 0 Å². The van der Waals surface area contributed by atoms with Crippen molar-refractivity contribution in [1.82, 2.24) is 9.21 Å². The van der Waals surface area contributed by atoms with E-state index in [1.165, 1.54) is 17.7 Å². The zero-order chi connectivity index (χ0) is 22.6. The number of nitrogens with zero attached hydrogens (tertiary/aromatic N) is 2. The van der Waals surface area contributed by atoms with E-state index < -0.39 is 16.0 Å². The maximum atomic E-state index is 12.8. The first-order chi connectivity index (χ1) is 14.7. The molecule has 2 aromatic carbocycles. The van der Waals surface area contributed by atoms with Crippen molar-refractivity contribution in [3.63, 3.8) is 0 Å². The van der Waals surface area contributed by atoms with Gasteiger partial charge in [-0.1, -0.05) is 18.2 Å². The third-order valence-electron chi connectivity index (χ3n) is 5.38. The third-order valence-corrected chi connectivity index (χ3v) is 6.69. The lowest BCUT2D eigenvalue weighted by Gasteiger charge is -2.33. The number of carbonyl (C=O) groups is 2. The first-order valence-corrected chi connectivity index (χ1v) is 11.8. The Morgan fingerprint density at radius 1 is 1.06 bits per heavy atom. The molecular weight excluding hydrogens is 418 g/mol. The Hall–Kier alpha value is -2.75. The fraction of sp³-hybridized carbons (Fsp3) is 0.364. The maximum absolute atomic E-state index is 12.8. The number of ether oxygens (including phenoxy) is 1. The molecule has 1 aliphatic rings. The first-order valence-electron chi connectivity index (χ1n) is 9.94. The minimum absolute atomic E-state index is 0.270. The fourth-order valence-corrected chi connectivity index (χ4v) is 4.41. The number of hydrogen-bond donors (Lipinski definition) is 1. The Balaban J connectivity index is 1.67. The summed E-state index contributed by atoms with van der Waals surface area (Å²) in [5.41, 5.74) is 3.08. The van der Waals surface area contributed by atoms with Crippen molar-refractivity contribution in [3.8, 4) is 0 Å². The van der Waals surface area contributed by atoms with Crippen LogP contribution >= 0.6 is 0 Å². The quantitative estimate of drug-likeness (QED) is 0.685. The smallest absolute Gasteiger partial charge is 0.338 e. The van der Waals surface area contributed by atoms with Gasteiger partial charge in [0.2, 0.25) is 10.0 Å². The minimum atomic E-state index is -3.16. The number of anilines is 1. The Bertz CT molecular complexity index is 1080. The standard InChI is InChI=1S/C22H27N3O5S/c1-16-19(22(27)30-2)8-5-9-20(16)23-21(26)18-7-4-6-17(14-18)15-24-10-12-25(13-11-24)31(3,28)29/h4-9,14H,10-13,15H2,1-3H3,(H,23,26). The van der Waals surface area contributed by atoms with Gasteiger partial charge in [0.25, 0.3) is 5.91 Å². The van der Waals surface area contributed by atoms with E-state index in [-0.39, 0.29) is 5.91 Å². The van der Waals surface area contributed by atoms with Crippen molar-refractivity contribution in [2.75, 3.05) is 44.9 Å². The molecule has 1 fully saturated rings. The molecule has 0 spiro atoms. The normalized spacial score (nSPS) is 15.5. The van der Waals surface area contributed by atoms with E-state index in [0.29, 0.717) is 55.1 Å². The average molecular weight is 446 g/mol. The number of rotatable bonds is 6. The number of esters is 1. The topological polar surface area (TPSA) is 96.0 Å². The number of amides is 1. The van der Waals surface area contributed by atoms with Gasteiger partial charge in [0.15, 0.2) is 0 Å². The predicted molar refractivity (Wildman–Crippen MR) is 119 cm³/mol. The number of sulfonamides is 1. The molecule has 31 heavy (non-hydrogen) atoms. The van der Waals surface area contributed by atoms with Crippen molar-refractivity contribution in [1.29, 1.82) is 0 Å². The Morgan fingerprint density at radius 2 is 1.74 bits per heavy atom. The van der Waals surface area contributed by atoms with E-state index in [2.05, 4.69) is 10.2 Å². The van der Waals surface area contributed by atoms with Crippen molar-refractivity contribution >= 4 is 27.6 Å². The van der Waals surface area contributed by atoms with Gasteiger partial charge >= 0.3 is 5.97 Å². The third kappa shape index (κ3) is 5.69. The molecule has 1 amide bonds. The van der Waals surface area contributed by atoms with Gasteiger partial charge in [-0.05, 0) is 42.3 Å². The monoisotopic (exact) mass is 445 g/mol. The molecule has 9 heteroatoms. The lowest BCUT2D eigenvalue weighted by Crippen LogP contribution is -2.47. The van der Waals surface area contributed by atoms with Crippen LogP contribution in [0.4, 0.5) is 5.69 Å². The average Bonchev–Trinajstić information content (AvgIpc) is 2.74. The van der Waals surface area contributed by atoms with E-state index in [9.17, 15) is 18.0 Å². The highest BCUT2D eigenvalue weighted by Crippen LogP contribution is 2.21. The second-order valence-corrected chi connectivity index (χ2v) is 9.54. The molecule has 0 radical (unpaired) electrons. The summed E-state index contributed by atoms with van der Waals surface area (Å²) in [5.74, 6) is -0.722. The van der Waals surface area contributed by atoms with E-state index in [1.807, 2.05) is 18.2 Å². The zero-order valence-electron chi connectivity index (χ0n) is 17.9. The maximum Gasteiger partial charge on any atom is 0.338 e. The van der Waals surface area contributed by atoms with Crippen LogP contribution < -0.4 is 5.32 Å². The molecule has 0 atom stereocenters. The largest absolute Gasteiger partial charge is 0.465 e. The van der Waals surface area contributed by atoms with Crippen LogP contribution in [0.5, 0.6) is 0 Å². The molecule has 1 heterocycles. The summed E-state index contributed by atoms with van der Waals surface area (Å²) >= 11 is 0. The molecule has 1 N–H and O–H groups in total. The molecule has 2 aromatic rings. The summed E-state index contributed by atoms with van der Waals surface area (Å²) in [6.45, 7) is 4.61. The van der Waals surface area contributed by atoms with Crippen LogP contribution in [0.25, 0.3) is 0 Å². The number of methoxy groups -OCH3 is 1. The number of benzene rings is 2. The van der Waals surface area contributed by atoms with E-state index in [1.54, 1.807) is 31.2 Å². The van der Waals surface area contributed by atoms with Crippen LogP contribution in [-0.4, -0.2) is 69.0 Å². The van der Waals surface area contributed by atoms with Crippen LogP contribution in [0.2, 0.25) is 0 Å². The molecule has 0 aliphatic carbocycles. The first kappa shape index (κ1) is 22.9. The molecule has 1 saturated heterocycles. The van der Waals surface area contributed by atoms with Gasteiger partial charge in [-0.2, -0.15) is 4.31 Å². The van der Waals surface area contributed by atoms with Crippen molar-refractivity contribution in [2.45, 2.75) is 13.5 Å². The zero-order valence-corrected chi connectivity index (χ0v) is 18.7. The molecule has 0 unspecified atom stereocenters. The molecule has 3 rings (SSSR count). The van der Waals surface area contributed by atoms with Gasteiger partial charge < -0.3 is 10.1 Å². The molecule has 1 aliphatic heterocycles. The van der Waals surface area contributed by atoms with E-state index >= 15 is 0 Å². The van der Waals surface area contributed by atoms with Gasteiger partial charge in [-0.15, -0.1) is 0 Å². The summed E-state index contributed by atoms with van der Waals surface area (Å²) in [5, 5.41) is 2.87. The minimum Gasteiger partial charge on any atom is -0.465 e. The molecule has 166 valence electrons. The Kier molecular flexibility index (Phi) is 7.09. The highest BCUT2D eigenvalue weighted by atomic mass is 32.2. The highest BCUT2D eigenvalue weighted by Gasteiger charge is 2.23. The van der Waals surface area contributed by atoms with Crippen LogP contribution in [0.15, 0.2) is 42.5 Å². The SMILES string of the molecule is COC(=O)c1cccc(NC(=O)c2cccc(CN3CCN(S(C)(=O)=O)CC3)c2)c1C. The van der Waals surface area contributed by atoms with Gasteiger partial charge in [-0.3, -0.25) is 9.69 Å². The Morgan fingerprint density at radius 3 is 2.39 bits per heavy atom. The molecular formula is C22H27N3O5S. The molecule has 0 saturated carbocycles. The molecule has 0 aromatic heterocycles. The van der Waals surface area contributed by atoms with Gasteiger partial charge in [0.05, 0.1) is 18.9 Å². The van der Waals surface area contributed by atoms with Gasteiger partial charge in [-0.25, -0.2) is 13.2 Å². The van der Waals surface area contributed by atoms with E-state index in [4.69, 9.17) is 4.74 Å². The summed E-state index contributed by atoms with van der Waals surface area (Å²) in [6, 6.07) is 12.4. The lowest BCUT2D eigenvalue weighted by molar-refractivity contribution is 0.0599. The number of piperazine rings is 1.